The standard InChI is InChI=1S/C15H23N5O4/c21-14(3-5-20-4-1-2-6-24-20)19-9-11(7-15(22)23)12(10-19)13-8-16-18-17-13/h8,11-12H,1-7,9-10H2,(H,22,23)(H,16,17,18)/t11-,12+/m1/s1. The zero-order chi connectivity index (χ0) is 16.9. The van der Waals surface area contributed by atoms with Crippen LogP contribution in [0.15, 0.2) is 6.20 Å². The number of rotatable bonds is 6. The van der Waals surface area contributed by atoms with Crippen molar-refractivity contribution in [3.8, 4) is 0 Å². The summed E-state index contributed by atoms with van der Waals surface area (Å²) >= 11 is 0. The monoisotopic (exact) mass is 337 g/mol. The van der Waals surface area contributed by atoms with Gasteiger partial charge >= 0.3 is 5.97 Å². The highest BCUT2D eigenvalue weighted by molar-refractivity contribution is 5.77. The smallest absolute Gasteiger partial charge is 0.303 e. The second-order valence-corrected chi connectivity index (χ2v) is 6.38. The molecular weight excluding hydrogens is 314 g/mol. The predicted molar refractivity (Wildman–Crippen MR) is 82.8 cm³/mol. The predicted octanol–water partition coefficient (Wildman–Crippen LogP) is 0.239. The molecule has 0 unspecified atom stereocenters. The van der Waals surface area contributed by atoms with Crippen LogP contribution in [0.3, 0.4) is 0 Å². The number of hydrogen-bond donors (Lipinski definition) is 2. The molecule has 0 aromatic carbocycles. The summed E-state index contributed by atoms with van der Waals surface area (Å²) in [5.74, 6) is -1.05. The zero-order valence-electron chi connectivity index (χ0n) is 13.6. The third-order valence-electron chi connectivity index (χ3n) is 4.69. The molecule has 0 spiro atoms. The van der Waals surface area contributed by atoms with Crippen LogP contribution in [-0.2, 0) is 14.4 Å². The van der Waals surface area contributed by atoms with E-state index in [2.05, 4.69) is 15.4 Å². The number of carboxylic acid groups (broad SMARTS) is 1. The van der Waals surface area contributed by atoms with Gasteiger partial charge in [-0.15, -0.1) is 0 Å². The Morgan fingerprint density at radius 3 is 2.92 bits per heavy atom. The maximum atomic E-state index is 12.5. The summed E-state index contributed by atoms with van der Waals surface area (Å²) in [7, 11) is 0. The normalized spacial score (nSPS) is 25.1. The van der Waals surface area contributed by atoms with E-state index in [1.165, 1.54) is 0 Å². The van der Waals surface area contributed by atoms with Crippen molar-refractivity contribution in [2.24, 2.45) is 5.92 Å². The number of nitrogens with zero attached hydrogens (tertiary/aromatic N) is 4. The van der Waals surface area contributed by atoms with Gasteiger partial charge in [-0.25, -0.2) is 0 Å². The van der Waals surface area contributed by atoms with E-state index in [0.717, 1.165) is 25.1 Å². The molecule has 0 saturated carbocycles. The summed E-state index contributed by atoms with van der Waals surface area (Å²) in [4.78, 5) is 30.8. The molecule has 2 aliphatic rings. The first kappa shape index (κ1) is 16.8. The van der Waals surface area contributed by atoms with Crippen LogP contribution in [0.2, 0.25) is 0 Å². The van der Waals surface area contributed by atoms with E-state index in [4.69, 9.17) is 9.94 Å². The van der Waals surface area contributed by atoms with Crippen LogP contribution in [0, 0.1) is 5.92 Å². The summed E-state index contributed by atoms with van der Waals surface area (Å²) in [5, 5.41) is 21.4. The number of carbonyl (C=O) groups excluding carboxylic acids is 1. The van der Waals surface area contributed by atoms with Gasteiger partial charge in [-0.05, 0) is 18.8 Å². The van der Waals surface area contributed by atoms with Crippen molar-refractivity contribution >= 4 is 11.9 Å². The van der Waals surface area contributed by atoms with Gasteiger partial charge in [0.05, 0.1) is 24.9 Å². The van der Waals surface area contributed by atoms with E-state index in [0.29, 0.717) is 32.7 Å². The van der Waals surface area contributed by atoms with Crippen LogP contribution in [0.5, 0.6) is 0 Å². The number of H-pyrrole nitrogens is 1. The van der Waals surface area contributed by atoms with Gasteiger partial charge in [0.2, 0.25) is 5.91 Å². The van der Waals surface area contributed by atoms with Crippen molar-refractivity contribution in [2.45, 2.75) is 31.6 Å². The Bertz CT molecular complexity index is 558. The molecule has 0 radical (unpaired) electrons. The molecule has 1 aromatic heterocycles. The third-order valence-corrected chi connectivity index (χ3v) is 4.69. The molecule has 2 aliphatic heterocycles. The lowest BCUT2D eigenvalue weighted by molar-refractivity contribution is -0.182. The third kappa shape index (κ3) is 4.09. The summed E-state index contributed by atoms with van der Waals surface area (Å²) in [6.45, 7) is 3.09. The first-order valence-corrected chi connectivity index (χ1v) is 8.36. The van der Waals surface area contributed by atoms with Crippen molar-refractivity contribution in [2.75, 3.05) is 32.8 Å². The Hall–Kier alpha value is -2.00. The maximum Gasteiger partial charge on any atom is 0.303 e. The van der Waals surface area contributed by atoms with Gasteiger partial charge in [0.25, 0.3) is 0 Å². The molecule has 1 amide bonds. The van der Waals surface area contributed by atoms with E-state index < -0.39 is 5.97 Å². The van der Waals surface area contributed by atoms with Gasteiger partial charge in [0.1, 0.15) is 0 Å². The first-order chi connectivity index (χ1) is 11.6. The van der Waals surface area contributed by atoms with Crippen LogP contribution < -0.4 is 0 Å². The zero-order valence-corrected chi connectivity index (χ0v) is 13.6. The average molecular weight is 337 g/mol. The van der Waals surface area contributed by atoms with Crippen molar-refractivity contribution in [3.63, 3.8) is 0 Å². The van der Waals surface area contributed by atoms with E-state index in [1.54, 1.807) is 11.1 Å². The van der Waals surface area contributed by atoms with E-state index in [1.807, 2.05) is 5.06 Å². The molecule has 9 nitrogen and oxygen atoms in total. The van der Waals surface area contributed by atoms with E-state index in [9.17, 15) is 9.59 Å². The SMILES string of the molecule is O=C(O)C[C@@H]1CN(C(=O)CCN2CCCCO2)C[C@@H]1c1cn[nH]n1. The Kier molecular flexibility index (Phi) is 5.41. The number of hydroxylamine groups is 2. The fourth-order valence-electron chi connectivity index (χ4n) is 3.43. The van der Waals surface area contributed by atoms with Crippen molar-refractivity contribution in [1.82, 2.24) is 25.4 Å². The summed E-state index contributed by atoms with van der Waals surface area (Å²) in [5.41, 5.74) is 0.718. The largest absolute Gasteiger partial charge is 0.481 e. The lowest BCUT2D eigenvalue weighted by Crippen LogP contribution is -2.36. The lowest BCUT2D eigenvalue weighted by atomic mass is 9.91. The van der Waals surface area contributed by atoms with Gasteiger partial charge in [-0.3, -0.25) is 14.4 Å². The summed E-state index contributed by atoms with van der Waals surface area (Å²) in [6.07, 6.45) is 4.16. The number of amides is 1. The molecule has 24 heavy (non-hydrogen) atoms. The van der Waals surface area contributed by atoms with Crippen LogP contribution in [0.1, 0.15) is 37.3 Å². The molecule has 132 valence electrons. The van der Waals surface area contributed by atoms with Crippen LogP contribution >= 0.6 is 0 Å². The Labute approximate surface area is 139 Å². The molecule has 0 bridgehead atoms. The van der Waals surface area contributed by atoms with Crippen molar-refractivity contribution in [1.29, 1.82) is 0 Å². The number of carbonyl (C=O) groups is 2. The fraction of sp³-hybridized carbons (Fsp3) is 0.733. The van der Waals surface area contributed by atoms with Crippen molar-refractivity contribution in [3.05, 3.63) is 11.9 Å². The van der Waals surface area contributed by atoms with Gasteiger partial charge in [-0.2, -0.15) is 20.5 Å². The Morgan fingerprint density at radius 2 is 2.25 bits per heavy atom. The topological polar surface area (TPSA) is 112 Å². The minimum Gasteiger partial charge on any atom is -0.481 e. The first-order valence-electron chi connectivity index (χ1n) is 8.36. The molecular formula is C15H23N5O4. The number of likely N-dealkylation sites (tertiary alicyclic amines) is 1. The molecule has 3 rings (SSSR count). The Balaban J connectivity index is 1.57. The minimum atomic E-state index is -0.857. The number of carboxylic acids is 1. The van der Waals surface area contributed by atoms with E-state index >= 15 is 0 Å². The average Bonchev–Trinajstić information content (AvgIpc) is 3.22. The van der Waals surface area contributed by atoms with E-state index in [-0.39, 0.29) is 24.2 Å². The van der Waals surface area contributed by atoms with Gasteiger partial charge in [0.15, 0.2) is 0 Å². The molecule has 3 heterocycles. The summed E-state index contributed by atoms with van der Waals surface area (Å²) in [6, 6.07) is 0. The minimum absolute atomic E-state index is 0.0243. The molecule has 2 atom stereocenters. The second-order valence-electron chi connectivity index (χ2n) is 6.38. The highest BCUT2D eigenvalue weighted by Gasteiger charge is 2.38. The number of aromatic amines is 1. The molecule has 2 saturated heterocycles. The quantitative estimate of drug-likeness (QED) is 0.764. The fourth-order valence-corrected chi connectivity index (χ4v) is 3.43. The molecule has 0 aliphatic carbocycles. The van der Waals surface area contributed by atoms with Gasteiger partial charge in [0, 0.05) is 38.5 Å². The summed E-state index contributed by atoms with van der Waals surface area (Å²) < 4.78 is 0. The van der Waals surface area contributed by atoms with Crippen LogP contribution in [-0.4, -0.2) is 75.1 Å². The highest BCUT2D eigenvalue weighted by Crippen LogP contribution is 2.33. The number of aliphatic carboxylic acids is 1. The second kappa shape index (κ2) is 7.71. The van der Waals surface area contributed by atoms with Gasteiger partial charge < -0.3 is 10.0 Å². The van der Waals surface area contributed by atoms with Crippen LogP contribution in [0.4, 0.5) is 0 Å². The lowest BCUT2D eigenvalue weighted by Gasteiger charge is -2.26. The number of aromatic nitrogens is 3. The van der Waals surface area contributed by atoms with Gasteiger partial charge in [-0.1, -0.05) is 0 Å². The van der Waals surface area contributed by atoms with Crippen molar-refractivity contribution < 1.29 is 19.5 Å². The highest BCUT2D eigenvalue weighted by atomic mass is 16.7. The maximum absolute atomic E-state index is 12.5. The Morgan fingerprint density at radius 1 is 1.38 bits per heavy atom. The molecule has 9 heteroatoms. The molecule has 2 fully saturated rings. The number of nitrogens with one attached hydrogen (secondary N) is 1. The van der Waals surface area contributed by atoms with Crippen LogP contribution in [0.25, 0.3) is 0 Å². The molecule has 1 aromatic rings. The number of hydrogen-bond acceptors (Lipinski definition) is 6. The molecule has 2 N–H and O–H groups in total.